The van der Waals surface area contributed by atoms with E-state index < -0.39 is 5.60 Å². The molecular formula is C11H19N3O2. The fourth-order valence-corrected chi connectivity index (χ4v) is 1.22. The van der Waals surface area contributed by atoms with Crippen LogP contribution in [0.15, 0.2) is 12.4 Å². The number of hydrogen-bond donors (Lipinski definition) is 1. The molecule has 0 aliphatic heterocycles. The Morgan fingerprint density at radius 3 is 2.75 bits per heavy atom. The van der Waals surface area contributed by atoms with Crippen LogP contribution in [0.4, 0.5) is 4.79 Å². The van der Waals surface area contributed by atoms with Gasteiger partial charge in [-0.3, -0.25) is 4.68 Å². The summed E-state index contributed by atoms with van der Waals surface area (Å²) in [6.07, 6.45) is 4.09. The fraction of sp³-hybridized carbons (Fsp3) is 0.636. The lowest BCUT2D eigenvalue weighted by atomic mass is 10.2. The van der Waals surface area contributed by atoms with Crippen molar-refractivity contribution in [1.29, 1.82) is 0 Å². The first kappa shape index (κ1) is 12.5. The van der Waals surface area contributed by atoms with E-state index in [0.29, 0.717) is 6.54 Å². The van der Waals surface area contributed by atoms with Crippen molar-refractivity contribution in [3.8, 4) is 0 Å². The van der Waals surface area contributed by atoms with Gasteiger partial charge < -0.3 is 10.1 Å². The number of amides is 1. The Kier molecular flexibility index (Phi) is 3.93. The number of aromatic nitrogens is 2. The topological polar surface area (TPSA) is 56.2 Å². The third-order valence-electron chi connectivity index (χ3n) is 1.84. The van der Waals surface area contributed by atoms with Crippen molar-refractivity contribution < 1.29 is 9.53 Å². The first-order valence-corrected chi connectivity index (χ1v) is 5.31. The summed E-state index contributed by atoms with van der Waals surface area (Å²) in [5.41, 5.74) is 0.650. The Morgan fingerprint density at radius 2 is 2.25 bits per heavy atom. The molecule has 1 aromatic rings. The molecule has 0 aromatic carbocycles. The molecule has 0 radical (unpaired) electrons. The summed E-state index contributed by atoms with van der Waals surface area (Å²) in [6, 6.07) is 0. The van der Waals surface area contributed by atoms with Gasteiger partial charge in [0, 0.05) is 19.8 Å². The predicted octanol–water partition coefficient (Wildman–Crippen LogP) is 1.49. The number of nitrogens with one attached hydrogen (secondary N) is 1. The van der Waals surface area contributed by atoms with Gasteiger partial charge in [-0.25, -0.2) is 4.79 Å². The molecule has 0 aliphatic carbocycles. The van der Waals surface area contributed by atoms with Crippen LogP contribution in [0.25, 0.3) is 0 Å². The largest absolute Gasteiger partial charge is 0.444 e. The number of ether oxygens (including phenoxy) is 1. The molecule has 0 fully saturated rings. The van der Waals surface area contributed by atoms with Crippen molar-refractivity contribution in [2.45, 2.75) is 32.8 Å². The van der Waals surface area contributed by atoms with Gasteiger partial charge in [-0.1, -0.05) is 0 Å². The zero-order valence-electron chi connectivity index (χ0n) is 10.3. The molecule has 16 heavy (non-hydrogen) atoms. The van der Waals surface area contributed by atoms with E-state index in [9.17, 15) is 4.79 Å². The average Bonchev–Trinajstić information content (AvgIpc) is 2.48. The van der Waals surface area contributed by atoms with Gasteiger partial charge in [-0.2, -0.15) is 5.10 Å². The van der Waals surface area contributed by atoms with Crippen molar-refractivity contribution >= 4 is 6.09 Å². The molecule has 5 heteroatoms. The second-order valence-electron chi connectivity index (χ2n) is 4.70. The highest BCUT2D eigenvalue weighted by atomic mass is 16.6. The molecule has 1 rings (SSSR count). The van der Waals surface area contributed by atoms with Gasteiger partial charge in [0.05, 0.1) is 6.20 Å². The third-order valence-corrected chi connectivity index (χ3v) is 1.84. The van der Waals surface area contributed by atoms with Crippen LogP contribution in [0.2, 0.25) is 0 Å². The number of carbonyl (C=O) groups is 1. The van der Waals surface area contributed by atoms with Crippen molar-refractivity contribution in [1.82, 2.24) is 15.1 Å². The van der Waals surface area contributed by atoms with Crippen LogP contribution in [-0.2, 0) is 18.2 Å². The zero-order chi connectivity index (χ0) is 12.2. The molecular weight excluding hydrogens is 206 g/mol. The Morgan fingerprint density at radius 1 is 1.56 bits per heavy atom. The molecule has 0 saturated carbocycles. The summed E-state index contributed by atoms with van der Waals surface area (Å²) < 4.78 is 6.85. The van der Waals surface area contributed by atoms with Crippen LogP contribution in [0.5, 0.6) is 0 Å². The Labute approximate surface area is 95.8 Å². The summed E-state index contributed by atoms with van der Waals surface area (Å²) in [6.45, 7) is 6.08. The number of carbonyl (C=O) groups excluding carboxylic acids is 1. The number of aryl methyl sites for hydroxylation is 1. The summed E-state index contributed by atoms with van der Waals surface area (Å²) in [5.74, 6) is 0. The number of rotatable bonds is 3. The van der Waals surface area contributed by atoms with E-state index in [1.807, 2.05) is 34.0 Å². The highest BCUT2D eigenvalue weighted by molar-refractivity contribution is 5.67. The quantitative estimate of drug-likeness (QED) is 0.847. The Balaban J connectivity index is 2.23. The molecule has 0 aliphatic rings. The summed E-state index contributed by atoms with van der Waals surface area (Å²) in [5, 5.41) is 6.75. The van der Waals surface area contributed by atoms with E-state index in [4.69, 9.17) is 4.74 Å². The van der Waals surface area contributed by atoms with Crippen molar-refractivity contribution in [2.75, 3.05) is 6.54 Å². The van der Waals surface area contributed by atoms with Gasteiger partial charge >= 0.3 is 6.09 Å². The fourth-order valence-electron chi connectivity index (χ4n) is 1.22. The molecule has 5 nitrogen and oxygen atoms in total. The lowest BCUT2D eigenvalue weighted by Crippen LogP contribution is -2.33. The summed E-state index contributed by atoms with van der Waals surface area (Å²) in [7, 11) is 1.87. The maximum absolute atomic E-state index is 11.3. The van der Waals surface area contributed by atoms with Gasteiger partial charge in [-0.05, 0) is 32.8 Å². The molecule has 1 heterocycles. The van der Waals surface area contributed by atoms with E-state index >= 15 is 0 Å². The monoisotopic (exact) mass is 225 g/mol. The van der Waals surface area contributed by atoms with Crippen molar-refractivity contribution in [3.05, 3.63) is 18.0 Å². The van der Waals surface area contributed by atoms with Gasteiger partial charge in [0.15, 0.2) is 0 Å². The van der Waals surface area contributed by atoms with E-state index in [-0.39, 0.29) is 6.09 Å². The van der Waals surface area contributed by atoms with Gasteiger partial charge in [0.2, 0.25) is 0 Å². The lowest BCUT2D eigenvalue weighted by Gasteiger charge is -2.19. The van der Waals surface area contributed by atoms with Crippen molar-refractivity contribution in [3.63, 3.8) is 0 Å². The molecule has 1 N–H and O–H groups in total. The first-order valence-electron chi connectivity index (χ1n) is 5.31. The highest BCUT2D eigenvalue weighted by Gasteiger charge is 2.15. The lowest BCUT2D eigenvalue weighted by molar-refractivity contribution is 0.0528. The molecule has 0 bridgehead atoms. The first-order chi connectivity index (χ1) is 7.37. The van der Waals surface area contributed by atoms with E-state index in [1.165, 1.54) is 0 Å². The van der Waals surface area contributed by atoms with Crippen LogP contribution in [0.1, 0.15) is 26.3 Å². The van der Waals surface area contributed by atoms with Gasteiger partial charge in [0.25, 0.3) is 0 Å². The molecule has 0 unspecified atom stereocenters. The Hall–Kier alpha value is -1.52. The maximum Gasteiger partial charge on any atom is 0.407 e. The predicted molar refractivity (Wildman–Crippen MR) is 61.1 cm³/mol. The maximum atomic E-state index is 11.3. The van der Waals surface area contributed by atoms with Crippen LogP contribution >= 0.6 is 0 Å². The van der Waals surface area contributed by atoms with Crippen LogP contribution < -0.4 is 5.32 Å². The minimum absolute atomic E-state index is 0.378. The second-order valence-corrected chi connectivity index (χ2v) is 4.70. The number of hydrogen-bond acceptors (Lipinski definition) is 3. The molecule has 0 spiro atoms. The van der Waals surface area contributed by atoms with Gasteiger partial charge in [0.1, 0.15) is 5.60 Å². The average molecular weight is 225 g/mol. The standard InChI is InChI=1S/C11H19N3O2/c1-11(2,3)16-10(15)12-6-5-9-7-13-14(4)8-9/h7-8H,5-6H2,1-4H3,(H,12,15). The smallest absolute Gasteiger partial charge is 0.407 e. The normalized spacial score (nSPS) is 11.2. The van der Waals surface area contributed by atoms with E-state index in [2.05, 4.69) is 10.4 Å². The molecule has 0 atom stereocenters. The summed E-state index contributed by atoms with van der Waals surface area (Å²) >= 11 is 0. The van der Waals surface area contributed by atoms with Crippen LogP contribution in [-0.4, -0.2) is 28.0 Å². The molecule has 90 valence electrons. The minimum Gasteiger partial charge on any atom is -0.444 e. The van der Waals surface area contributed by atoms with Crippen molar-refractivity contribution in [2.24, 2.45) is 7.05 Å². The molecule has 0 saturated heterocycles. The van der Waals surface area contributed by atoms with E-state index in [1.54, 1.807) is 10.9 Å². The number of alkyl carbamates (subject to hydrolysis) is 1. The van der Waals surface area contributed by atoms with E-state index in [0.717, 1.165) is 12.0 Å². The minimum atomic E-state index is -0.446. The molecule has 1 amide bonds. The third kappa shape index (κ3) is 4.82. The Bertz CT molecular complexity index is 352. The van der Waals surface area contributed by atoms with Crippen LogP contribution in [0.3, 0.4) is 0 Å². The summed E-state index contributed by atoms with van der Waals surface area (Å²) in [4.78, 5) is 11.3. The zero-order valence-corrected chi connectivity index (χ0v) is 10.3. The van der Waals surface area contributed by atoms with Crippen LogP contribution in [0, 0.1) is 0 Å². The highest BCUT2D eigenvalue weighted by Crippen LogP contribution is 2.06. The molecule has 1 aromatic heterocycles. The number of nitrogens with zero attached hydrogens (tertiary/aromatic N) is 2. The second kappa shape index (κ2) is 5.01. The SMILES string of the molecule is Cn1cc(CCNC(=O)OC(C)(C)C)cn1. The van der Waals surface area contributed by atoms with Gasteiger partial charge in [-0.15, -0.1) is 0 Å².